The monoisotopic (exact) mass is 172 g/mol. The molecule has 0 aromatic carbocycles. The van der Waals surface area contributed by atoms with Crippen molar-refractivity contribution in [1.82, 2.24) is 0 Å². The molecule has 0 aromatic rings. The van der Waals surface area contributed by atoms with Gasteiger partial charge in [0.15, 0.2) is 0 Å². The zero-order valence-corrected chi connectivity index (χ0v) is 7.44. The molecule has 3 heteroatoms. The van der Waals surface area contributed by atoms with Crippen molar-refractivity contribution in [3.8, 4) is 0 Å². The summed E-state index contributed by atoms with van der Waals surface area (Å²) in [4.78, 5) is 0. The minimum atomic E-state index is -0.668. The maximum Gasteiger partial charge on any atom is 0.0854 e. The van der Waals surface area contributed by atoms with Crippen LogP contribution in [-0.4, -0.2) is 6.16 Å². The molecule has 0 heterocycles. The molecule has 0 unspecified atom stereocenters. The standard InChI is InChI=1S/C5H11Cl2P/c1-2-3-4-5-8(6)7/h2-5H2,1H3. The molecule has 0 nitrogen and oxygen atoms in total. The highest BCUT2D eigenvalue weighted by atomic mass is 35.9. The quantitative estimate of drug-likeness (QED) is 0.445. The van der Waals surface area contributed by atoms with E-state index in [0.717, 1.165) is 6.16 Å². The second kappa shape index (κ2) is 6.13. The van der Waals surface area contributed by atoms with Crippen molar-refractivity contribution in [2.45, 2.75) is 26.2 Å². The smallest absolute Gasteiger partial charge is 0.0781 e. The lowest BCUT2D eigenvalue weighted by Crippen LogP contribution is -1.74. The Morgan fingerprint density at radius 3 is 2.25 bits per heavy atom. The Balaban J connectivity index is 2.72. The molecular formula is C5H11Cl2P. The van der Waals surface area contributed by atoms with E-state index in [1.165, 1.54) is 19.3 Å². The summed E-state index contributed by atoms with van der Waals surface area (Å²) in [7, 11) is 0. The first-order valence-corrected chi connectivity index (χ1v) is 6.20. The van der Waals surface area contributed by atoms with Gasteiger partial charge in [-0.1, -0.05) is 42.2 Å². The summed E-state index contributed by atoms with van der Waals surface area (Å²) in [5.41, 5.74) is 0. The zero-order chi connectivity index (χ0) is 6.41. The van der Waals surface area contributed by atoms with Crippen molar-refractivity contribution in [3.63, 3.8) is 0 Å². The third-order valence-corrected chi connectivity index (χ3v) is 2.60. The molecule has 0 spiro atoms. The van der Waals surface area contributed by atoms with Gasteiger partial charge >= 0.3 is 0 Å². The van der Waals surface area contributed by atoms with E-state index in [9.17, 15) is 0 Å². The predicted molar refractivity (Wildman–Crippen MR) is 43.0 cm³/mol. The van der Waals surface area contributed by atoms with Gasteiger partial charge < -0.3 is 0 Å². The molecule has 50 valence electrons. The molecule has 0 bridgehead atoms. The van der Waals surface area contributed by atoms with Gasteiger partial charge in [-0.25, -0.2) is 0 Å². The average Bonchev–Trinajstić information content (AvgIpc) is 1.66. The molecule has 0 atom stereocenters. The molecule has 0 aliphatic rings. The van der Waals surface area contributed by atoms with E-state index in [0.29, 0.717) is 0 Å². The van der Waals surface area contributed by atoms with Crippen LogP contribution in [0.3, 0.4) is 0 Å². The highest BCUT2D eigenvalue weighted by Gasteiger charge is 1.95. The molecule has 0 saturated heterocycles. The molecule has 0 rings (SSSR count). The number of rotatable bonds is 4. The third-order valence-electron chi connectivity index (χ3n) is 0.931. The predicted octanol–water partition coefficient (Wildman–Crippen LogP) is 3.97. The first kappa shape index (κ1) is 9.01. The Morgan fingerprint density at radius 1 is 1.25 bits per heavy atom. The molecule has 0 N–H and O–H groups in total. The van der Waals surface area contributed by atoms with Crippen LogP contribution in [0.4, 0.5) is 0 Å². The number of hydrogen-bond donors (Lipinski definition) is 0. The minimum absolute atomic E-state index is 0.668. The van der Waals surface area contributed by atoms with Gasteiger partial charge in [-0.05, 0) is 12.6 Å². The maximum atomic E-state index is 5.54. The van der Waals surface area contributed by atoms with E-state index in [1.807, 2.05) is 0 Å². The largest absolute Gasteiger partial charge is 0.0854 e. The fourth-order valence-electron chi connectivity index (χ4n) is 0.481. The summed E-state index contributed by atoms with van der Waals surface area (Å²) in [6, 6.07) is 0. The van der Waals surface area contributed by atoms with E-state index in [4.69, 9.17) is 22.5 Å². The van der Waals surface area contributed by atoms with Crippen LogP contribution < -0.4 is 0 Å². The normalized spacial score (nSPS) is 10.5. The van der Waals surface area contributed by atoms with Gasteiger partial charge in [0.05, 0.1) is 6.63 Å². The first-order valence-electron chi connectivity index (χ1n) is 2.86. The van der Waals surface area contributed by atoms with Gasteiger partial charge in [-0.2, -0.15) is 0 Å². The third kappa shape index (κ3) is 7.01. The van der Waals surface area contributed by atoms with Crippen molar-refractivity contribution in [1.29, 1.82) is 0 Å². The van der Waals surface area contributed by atoms with Crippen LogP contribution in [-0.2, 0) is 0 Å². The van der Waals surface area contributed by atoms with Crippen LogP contribution >= 0.6 is 29.1 Å². The lowest BCUT2D eigenvalue weighted by Gasteiger charge is -1.96. The van der Waals surface area contributed by atoms with Crippen molar-refractivity contribution < 1.29 is 0 Å². The molecule has 0 saturated carbocycles. The molecule has 0 fully saturated rings. The lowest BCUT2D eigenvalue weighted by atomic mass is 10.3. The van der Waals surface area contributed by atoms with Gasteiger partial charge in [0.1, 0.15) is 0 Å². The highest BCUT2D eigenvalue weighted by Crippen LogP contribution is 2.47. The fourth-order valence-corrected chi connectivity index (χ4v) is 1.66. The van der Waals surface area contributed by atoms with Crippen LogP contribution in [0, 0.1) is 0 Å². The Kier molecular flexibility index (Phi) is 6.91. The number of halogens is 2. The van der Waals surface area contributed by atoms with E-state index in [-0.39, 0.29) is 0 Å². The summed E-state index contributed by atoms with van der Waals surface area (Å²) in [5, 5.41) is 0. The van der Waals surface area contributed by atoms with Crippen LogP contribution in [0.25, 0.3) is 0 Å². The summed E-state index contributed by atoms with van der Waals surface area (Å²) in [5.74, 6) is 0. The Morgan fingerprint density at radius 2 is 1.88 bits per heavy atom. The van der Waals surface area contributed by atoms with Crippen molar-refractivity contribution in [3.05, 3.63) is 0 Å². The highest BCUT2D eigenvalue weighted by molar-refractivity contribution is 8.03. The van der Waals surface area contributed by atoms with E-state index >= 15 is 0 Å². The molecule has 0 aromatic heterocycles. The molecule has 0 radical (unpaired) electrons. The SMILES string of the molecule is CCCCCP(Cl)Cl. The van der Waals surface area contributed by atoms with Crippen LogP contribution in [0.15, 0.2) is 0 Å². The van der Waals surface area contributed by atoms with Gasteiger partial charge in [-0.15, -0.1) is 0 Å². The fraction of sp³-hybridized carbons (Fsp3) is 1.00. The summed E-state index contributed by atoms with van der Waals surface area (Å²) in [6.45, 7) is 1.50. The van der Waals surface area contributed by atoms with Gasteiger partial charge in [0.25, 0.3) is 0 Å². The van der Waals surface area contributed by atoms with Gasteiger partial charge in [0.2, 0.25) is 0 Å². The molecule has 0 aliphatic heterocycles. The number of unbranched alkanes of at least 4 members (excludes halogenated alkanes) is 2. The van der Waals surface area contributed by atoms with E-state index in [1.54, 1.807) is 0 Å². The Bertz CT molecular complexity index is 47.7. The summed E-state index contributed by atoms with van der Waals surface area (Å²) in [6.07, 6.45) is 4.71. The Hall–Kier alpha value is 1.01. The lowest BCUT2D eigenvalue weighted by molar-refractivity contribution is 0.778. The zero-order valence-electron chi connectivity index (χ0n) is 5.03. The second-order valence-corrected chi connectivity index (χ2v) is 5.75. The Labute approximate surface area is 61.9 Å². The van der Waals surface area contributed by atoms with Gasteiger partial charge in [-0.3, -0.25) is 0 Å². The van der Waals surface area contributed by atoms with Crippen LogP contribution in [0.1, 0.15) is 26.2 Å². The van der Waals surface area contributed by atoms with Crippen molar-refractivity contribution in [2.75, 3.05) is 6.16 Å². The topological polar surface area (TPSA) is 0 Å². The summed E-state index contributed by atoms with van der Waals surface area (Å²) >= 11 is 11.1. The van der Waals surface area contributed by atoms with Crippen LogP contribution in [0.2, 0.25) is 0 Å². The van der Waals surface area contributed by atoms with E-state index < -0.39 is 6.63 Å². The molecule has 8 heavy (non-hydrogen) atoms. The van der Waals surface area contributed by atoms with Crippen molar-refractivity contribution in [2.24, 2.45) is 0 Å². The van der Waals surface area contributed by atoms with Crippen molar-refractivity contribution >= 4 is 29.1 Å². The minimum Gasteiger partial charge on any atom is -0.0781 e. The maximum absolute atomic E-state index is 5.54. The molecular weight excluding hydrogens is 162 g/mol. The molecule has 0 amide bonds. The number of hydrogen-bond acceptors (Lipinski definition) is 0. The second-order valence-electron chi connectivity index (χ2n) is 1.73. The summed E-state index contributed by atoms with van der Waals surface area (Å²) < 4.78 is 0. The van der Waals surface area contributed by atoms with Gasteiger partial charge in [0, 0.05) is 0 Å². The first-order chi connectivity index (χ1) is 3.77. The van der Waals surface area contributed by atoms with E-state index in [2.05, 4.69) is 6.92 Å². The molecule has 0 aliphatic carbocycles. The van der Waals surface area contributed by atoms with Crippen LogP contribution in [0.5, 0.6) is 0 Å². The average molecular weight is 173 g/mol.